The quantitative estimate of drug-likeness (QED) is 0.0933. The van der Waals surface area contributed by atoms with Crippen molar-refractivity contribution in [1.29, 1.82) is 0 Å². The largest absolute Gasteiger partial charge is 0.455 e. The summed E-state index contributed by atoms with van der Waals surface area (Å²) in [4.78, 5) is 9.26. The summed E-state index contributed by atoms with van der Waals surface area (Å²) in [6.07, 6.45) is 0. The minimum absolute atomic E-state index is 0.117. The summed E-state index contributed by atoms with van der Waals surface area (Å²) >= 11 is 0. The average molecular weight is 1820 g/mol. The Kier molecular flexibility index (Phi) is 18.8. The molecule has 28 aromatic rings. The highest BCUT2D eigenvalue weighted by atomic mass is 16.3. The predicted octanol–water partition coefficient (Wildman–Crippen LogP) is 38.7. The second-order valence-corrected chi connectivity index (χ2v) is 37.6. The molecule has 9 heteroatoms. The Morgan fingerprint density at radius 2 is 0.465 bits per heavy atom. The summed E-state index contributed by atoms with van der Waals surface area (Å²) in [5.74, 6) is 0. The van der Waals surface area contributed by atoms with Gasteiger partial charge in [0, 0.05) is 128 Å². The lowest BCUT2D eigenvalue weighted by Crippen LogP contribution is -2.16. The molecule has 23 aromatic carbocycles. The Morgan fingerprint density at radius 3 is 0.937 bits per heavy atom. The van der Waals surface area contributed by atoms with Gasteiger partial charge in [-0.15, -0.1) is 0 Å². The van der Waals surface area contributed by atoms with Crippen LogP contribution >= 0.6 is 0 Å². The maximum Gasteiger partial charge on any atom is 0.159 e. The van der Waals surface area contributed by atoms with Crippen LogP contribution in [0.25, 0.3) is 197 Å². The van der Waals surface area contributed by atoms with Crippen molar-refractivity contribution in [3.63, 3.8) is 0 Å². The third-order valence-corrected chi connectivity index (χ3v) is 29.3. The molecular formula is C133H86N4O5. The smallest absolute Gasteiger partial charge is 0.159 e. The Hall–Kier alpha value is -18.7. The van der Waals surface area contributed by atoms with Gasteiger partial charge in [-0.3, -0.25) is 0 Å². The van der Waals surface area contributed by atoms with Gasteiger partial charge in [0.05, 0.1) is 28.4 Å². The third kappa shape index (κ3) is 13.2. The number of rotatable bonds is 15. The van der Waals surface area contributed by atoms with Crippen LogP contribution < -0.4 is 19.6 Å². The van der Waals surface area contributed by atoms with Crippen molar-refractivity contribution >= 4 is 221 Å². The molecule has 0 saturated heterocycles. The van der Waals surface area contributed by atoms with Crippen molar-refractivity contribution in [3.05, 3.63) is 496 Å². The molecule has 0 fully saturated rings. The molecule has 142 heavy (non-hydrogen) atoms. The molecule has 668 valence electrons. The second-order valence-electron chi connectivity index (χ2n) is 37.6. The number of hydrogen-bond acceptors (Lipinski definition) is 9. The summed E-state index contributed by atoms with van der Waals surface area (Å²) in [6, 6.07) is 173. The number of para-hydroxylation sites is 10. The molecule has 0 saturated carbocycles. The highest BCUT2D eigenvalue weighted by Crippen LogP contribution is 2.55. The first-order valence-electron chi connectivity index (χ1n) is 48.5. The van der Waals surface area contributed by atoms with Gasteiger partial charge >= 0.3 is 0 Å². The van der Waals surface area contributed by atoms with Gasteiger partial charge in [0.2, 0.25) is 0 Å². The van der Waals surface area contributed by atoms with Gasteiger partial charge < -0.3 is 41.7 Å². The van der Waals surface area contributed by atoms with E-state index in [-0.39, 0.29) is 5.41 Å². The van der Waals surface area contributed by atoms with Gasteiger partial charge in [-0.1, -0.05) is 323 Å². The van der Waals surface area contributed by atoms with E-state index in [0.717, 1.165) is 238 Å². The molecule has 5 aromatic heterocycles. The maximum atomic E-state index is 7.14. The van der Waals surface area contributed by atoms with Crippen LogP contribution in [0.4, 0.5) is 68.2 Å². The van der Waals surface area contributed by atoms with Gasteiger partial charge in [-0.05, 0) is 246 Å². The van der Waals surface area contributed by atoms with Crippen LogP contribution in [0, 0.1) is 0 Å². The molecule has 0 amide bonds. The molecule has 29 rings (SSSR count). The van der Waals surface area contributed by atoms with Crippen molar-refractivity contribution in [2.24, 2.45) is 0 Å². The number of anilines is 12. The van der Waals surface area contributed by atoms with Crippen molar-refractivity contribution in [1.82, 2.24) is 0 Å². The van der Waals surface area contributed by atoms with Crippen LogP contribution in [0.5, 0.6) is 0 Å². The van der Waals surface area contributed by atoms with Gasteiger partial charge in [0.25, 0.3) is 0 Å². The molecule has 5 heterocycles. The zero-order valence-corrected chi connectivity index (χ0v) is 77.5. The first-order chi connectivity index (χ1) is 70.2. The van der Waals surface area contributed by atoms with E-state index in [0.29, 0.717) is 0 Å². The Balaban J connectivity index is 0.000000139. The molecule has 0 aliphatic heterocycles. The van der Waals surface area contributed by atoms with Crippen LogP contribution in [0.1, 0.15) is 25.0 Å². The SMILES string of the molecule is CC1(C)c2ccccc2-c2ccc(N(c3ccccc3)c3ccc4c(c3)oc3c5ccc(-c6ccc(N(c7ccccc7)c7cccc8c7oc7ccccc78)cc6)cc5c5ccccc5c43)cc21.c1ccc(-c2ccccc2N(c2ccc3c(c2)oc2c4ccc(-c5ccc(N(c6ccccc6)c6cccc7c6oc6ccccc67)cc5)cc4c4ccccc4c32)c2cccc3c2oc2ccccc23)cc1. The van der Waals surface area contributed by atoms with E-state index in [2.05, 4.69) is 482 Å². The van der Waals surface area contributed by atoms with Gasteiger partial charge in [0.1, 0.15) is 39.1 Å². The first kappa shape index (κ1) is 81.6. The van der Waals surface area contributed by atoms with Crippen molar-refractivity contribution in [2.45, 2.75) is 19.3 Å². The Labute approximate surface area is 817 Å². The zero-order valence-electron chi connectivity index (χ0n) is 77.5. The molecule has 0 bridgehead atoms. The fraction of sp³-hybridized carbons (Fsp3) is 0.0226. The summed E-state index contributed by atoms with van der Waals surface area (Å²) in [7, 11) is 0. The van der Waals surface area contributed by atoms with E-state index in [1.165, 1.54) is 38.4 Å². The molecule has 0 unspecified atom stereocenters. The van der Waals surface area contributed by atoms with Crippen LogP contribution in [0.15, 0.2) is 507 Å². The molecule has 9 nitrogen and oxygen atoms in total. The first-order valence-corrected chi connectivity index (χ1v) is 48.5. The van der Waals surface area contributed by atoms with E-state index in [1.54, 1.807) is 0 Å². The van der Waals surface area contributed by atoms with Crippen molar-refractivity contribution in [2.75, 3.05) is 19.6 Å². The van der Waals surface area contributed by atoms with Gasteiger partial charge in [-0.25, -0.2) is 0 Å². The van der Waals surface area contributed by atoms with Crippen LogP contribution in [-0.2, 0) is 5.41 Å². The average Bonchev–Trinajstić information content (AvgIpc) is 1.66. The van der Waals surface area contributed by atoms with Gasteiger partial charge in [0.15, 0.2) is 16.7 Å². The van der Waals surface area contributed by atoms with Crippen LogP contribution in [-0.4, -0.2) is 0 Å². The topological polar surface area (TPSA) is 78.7 Å². The number of furan rings is 5. The standard InChI is InChI=1S/C68H42N2O3.C65H44N2O2/c1-3-17-44(18-4-1)49-21-9-12-28-59(49)70(61-30-16-27-55-52-24-11-14-32-63(52)72-67(55)61)48-38-40-57-64(42-48)73-68-56-39-35-45(41-58(56)50-22-7-8-25-53(50)65(57)68)43-33-36-47(37-34-43)69(46-19-5-2-6-20-46)60-29-15-26-54-51-23-10-13-31-62(51)71-66(54)60;1-65(2)57-25-13-11-21-49(57)50-36-33-46(39-58(50)65)66(43-16-5-3-6-17-43)47-34-37-55-61(40-47)69-64-54-35-30-42(38-56(54)48-20-9-10-23-52(48)62(55)64)41-28-31-45(32-29-41)67(44-18-7-4-8-19-44)59-26-15-24-53-51-22-12-14-27-60(51)68-63(53)59/h1-42H;3-40H,1-2H3. The van der Waals surface area contributed by atoms with Crippen molar-refractivity contribution < 1.29 is 22.1 Å². The molecular weight excluding hydrogens is 1730 g/mol. The predicted molar refractivity (Wildman–Crippen MR) is 592 cm³/mol. The highest BCUT2D eigenvalue weighted by Gasteiger charge is 2.37. The molecule has 1 aliphatic carbocycles. The Morgan fingerprint density at radius 1 is 0.155 bits per heavy atom. The second kappa shape index (κ2) is 32.8. The van der Waals surface area contributed by atoms with Crippen LogP contribution in [0.3, 0.4) is 0 Å². The lowest BCUT2D eigenvalue weighted by Gasteiger charge is -2.28. The third-order valence-electron chi connectivity index (χ3n) is 29.3. The molecule has 0 spiro atoms. The van der Waals surface area contributed by atoms with E-state index < -0.39 is 0 Å². The number of benzene rings is 23. The zero-order chi connectivity index (χ0) is 93.8. The number of hydrogen-bond donors (Lipinski definition) is 0. The molecule has 1 aliphatic rings. The molecule has 0 N–H and O–H groups in total. The lowest BCUT2D eigenvalue weighted by molar-refractivity contribution is 0.660. The van der Waals surface area contributed by atoms with E-state index in [4.69, 9.17) is 22.1 Å². The summed E-state index contributed by atoms with van der Waals surface area (Å²) in [5, 5.41) is 20.2. The fourth-order valence-electron chi connectivity index (χ4n) is 22.7. The van der Waals surface area contributed by atoms with E-state index >= 15 is 0 Å². The minimum Gasteiger partial charge on any atom is -0.455 e. The van der Waals surface area contributed by atoms with E-state index in [1.807, 2.05) is 36.4 Å². The highest BCUT2D eigenvalue weighted by molar-refractivity contribution is 6.33. The Bertz CT molecular complexity index is 9930. The number of nitrogens with zero attached hydrogens (tertiary/aromatic N) is 4. The normalized spacial score (nSPS) is 12.4. The summed E-state index contributed by atoms with van der Waals surface area (Å²) < 4.78 is 34.1. The van der Waals surface area contributed by atoms with E-state index in [9.17, 15) is 0 Å². The molecule has 0 radical (unpaired) electrons. The fourth-order valence-corrected chi connectivity index (χ4v) is 22.7. The number of fused-ring (bicyclic) bond motifs is 28. The van der Waals surface area contributed by atoms with Crippen LogP contribution in [0.2, 0.25) is 0 Å². The summed E-state index contributed by atoms with van der Waals surface area (Å²) in [6.45, 7) is 4.68. The summed E-state index contributed by atoms with van der Waals surface area (Å²) in [5.41, 5.74) is 32.9. The molecule has 0 atom stereocenters. The minimum atomic E-state index is -0.117. The van der Waals surface area contributed by atoms with Gasteiger partial charge in [-0.2, -0.15) is 0 Å². The maximum absolute atomic E-state index is 7.14. The van der Waals surface area contributed by atoms with Crippen molar-refractivity contribution in [3.8, 4) is 44.5 Å². The monoisotopic (exact) mass is 1820 g/mol. The lowest BCUT2D eigenvalue weighted by atomic mass is 9.82.